The highest BCUT2D eigenvalue weighted by Gasteiger charge is 2.29. The number of carbonyl (C=O) groups is 1. The molecule has 0 bridgehead atoms. The summed E-state index contributed by atoms with van der Waals surface area (Å²) in [5.74, 6) is 0.175. The van der Waals surface area contributed by atoms with E-state index >= 15 is 0 Å². The molecule has 0 saturated carbocycles. The average Bonchev–Trinajstić information content (AvgIpc) is 2.39. The van der Waals surface area contributed by atoms with Crippen molar-refractivity contribution in [2.24, 2.45) is 0 Å². The number of likely N-dealkylation sites (tertiary alicyclic amines) is 1. The van der Waals surface area contributed by atoms with Crippen molar-refractivity contribution < 1.29 is 14.3 Å². The molecule has 2 rings (SSSR count). The first-order chi connectivity index (χ1) is 7.81. The third-order valence-corrected chi connectivity index (χ3v) is 3.31. The number of carbonyl (C=O) groups excluding carboxylic acids is 1. The van der Waals surface area contributed by atoms with Gasteiger partial charge in [-0.05, 0) is 12.8 Å². The first-order valence-corrected chi connectivity index (χ1v) is 5.94. The van der Waals surface area contributed by atoms with Crippen molar-refractivity contribution in [1.82, 2.24) is 10.2 Å². The SMILES string of the molecule is COC1CCN(C(=O)C2COCCN2)CC1. The van der Waals surface area contributed by atoms with Crippen LogP contribution in [0.5, 0.6) is 0 Å². The summed E-state index contributed by atoms with van der Waals surface area (Å²) in [4.78, 5) is 14.0. The Morgan fingerprint density at radius 1 is 1.44 bits per heavy atom. The topological polar surface area (TPSA) is 50.8 Å². The molecule has 0 aromatic rings. The lowest BCUT2D eigenvalue weighted by atomic mass is 10.1. The van der Waals surface area contributed by atoms with Gasteiger partial charge in [-0.3, -0.25) is 4.79 Å². The Kier molecular flexibility index (Phi) is 4.15. The Morgan fingerprint density at radius 2 is 2.19 bits per heavy atom. The molecule has 5 nitrogen and oxygen atoms in total. The van der Waals surface area contributed by atoms with Crippen molar-refractivity contribution in [2.75, 3.05) is 40.0 Å². The van der Waals surface area contributed by atoms with Gasteiger partial charge in [0.15, 0.2) is 0 Å². The highest BCUT2D eigenvalue weighted by molar-refractivity contribution is 5.82. The second-order valence-corrected chi connectivity index (χ2v) is 4.34. The third kappa shape index (κ3) is 2.72. The number of piperidine rings is 1. The summed E-state index contributed by atoms with van der Waals surface area (Å²) in [6.07, 6.45) is 2.20. The van der Waals surface area contributed by atoms with E-state index in [9.17, 15) is 4.79 Å². The van der Waals surface area contributed by atoms with Gasteiger partial charge >= 0.3 is 0 Å². The maximum absolute atomic E-state index is 12.1. The number of amides is 1. The van der Waals surface area contributed by atoms with Gasteiger partial charge in [0.1, 0.15) is 6.04 Å². The zero-order chi connectivity index (χ0) is 11.4. The normalized spacial score (nSPS) is 28.1. The zero-order valence-electron chi connectivity index (χ0n) is 9.78. The summed E-state index contributed by atoms with van der Waals surface area (Å²) in [5.41, 5.74) is 0. The molecule has 2 fully saturated rings. The van der Waals surface area contributed by atoms with Crippen molar-refractivity contribution in [1.29, 1.82) is 0 Å². The molecule has 1 amide bonds. The van der Waals surface area contributed by atoms with Crippen LogP contribution in [-0.2, 0) is 14.3 Å². The summed E-state index contributed by atoms with van der Waals surface area (Å²) in [6.45, 7) is 3.58. The summed E-state index contributed by atoms with van der Waals surface area (Å²) in [5, 5.41) is 3.19. The van der Waals surface area contributed by atoms with E-state index in [1.54, 1.807) is 7.11 Å². The largest absolute Gasteiger partial charge is 0.381 e. The van der Waals surface area contributed by atoms with Crippen LogP contribution in [0, 0.1) is 0 Å². The van der Waals surface area contributed by atoms with Crippen LogP contribution in [0.2, 0.25) is 0 Å². The fourth-order valence-corrected chi connectivity index (χ4v) is 2.26. The Morgan fingerprint density at radius 3 is 2.75 bits per heavy atom. The van der Waals surface area contributed by atoms with Crippen LogP contribution in [0.15, 0.2) is 0 Å². The molecule has 2 aliphatic rings. The fourth-order valence-electron chi connectivity index (χ4n) is 2.26. The number of morpholine rings is 1. The minimum absolute atomic E-state index is 0.146. The number of hydrogen-bond donors (Lipinski definition) is 1. The smallest absolute Gasteiger partial charge is 0.242 e. The molecule has 2 heterocycles. The van der Waals surface area contributed by atoms with Crippen LogP contribution in [0.4, 0.5) is 0 Å². The van der Waals surface area contributed by atoms with Gasteiger partial charge in [0.05, 0.1) is 19.3 Å². The van der Waals surface area contributed by atoms with Crippen molar-refractivity contribution in [3.8, 4) is 0 Å². The van der Waals surface area contributed by atoms with Gasteiger partial charge in [0.2, 0.25) is 5.91 Å². The van der Waals surface area contributed by atoms with Gasteiger partial charge in [-0.25, -0.2) is 0 Å². The standard InChI is InChI=1S/C11H20N2O3/c1-15-9-2-5-13(6-3-9)11(14)10-8-16-7-4-12-10/h9-10,12H,2-8H2,1H3. The molecular formula is C11H20N2O3. The highest BCUT2D eigenvalue weighted by atomic mass is 16.5. The molecule has 5 heteroatoms. The van der Waals surface area contributed by atoms with Crippen molar-refractivity contribution in [2.45, 2.75) is 25.0 Å². The quantitative estimate of drug-likeness (QED) is 0.699. The monoisotopic (exact) mass is 228 g/mol. The second kappa shape index (κ2) is 5.61. The minimum Gasteiger partial charge on any atom is -0.381 e. The predicted molar refractivity (Wildman–Crippen MR) is 59.2 cm³/mol. The van der Waals surface area contributed by atoms with E-state index in [0.717, 1.165) is 32.5 Å². The molecular weight excluding hydrogens is 208 g/mol. The average molecular weight is 228 g/mol. The van der Waals surface area contributed by atoms with Gasteiger partial charge in [-0.15, -0.1) is 0 Å². The van der Waals surface area contributed by atoms with Crippen LogP contribution in [0.1, 0.15) is 12.8 Å². The second-order valence-electron chi connectivity index (χ2n) is 4.34. The van der Waals surface area contributed by atoms with Crippen LogP contribution in [-0.4, -0.2) is 62.9 Å². The lowest BCUT2D eigenvalue weighted by molar-refractivity contribution is -0.138. The number of ether oxygens (including phenoxy) is 2. The van der Waals surface area contributed by atoms with Crippen LogP contribution < -0.4 is 5.32 Å². The van der Waals surface area contributed by atoms with E-state index in [2.05, 4.69) is 5.32 Å². The minimum atomic E-state index is -0.146. The van der Waals surface area contributed by atoms with Crippen LogP contribution in [0.3, 0.4) is 0 Å². The molecule has 0 aliphatic carbocycles. The fraction of sp³-hybridized carbons (Fsp3) is 0.909. The number of nitrogens with one attached hydrogen (secondary N) is 1. The molecule has 92 valence electrons. The molecule has 0 spiro atoms. The summed E-state index contributed by atoms with van der Waals surface area (Å²) < 4.78 is 10.6. The first-order valence-electron chi connectivity index (χ1n) is 5.94. The van der Waals surface area contributed by atoms with E-state index in [-0.39, 0.29) is 11.9 Å². The lowest BCUT2D eigenvalue weighted by Gasteiger charge is -2.34. The maximum atomic E-state index is 12.1. The molecule has 16 heavy (non-hydrogen) atoms. The zero-order valence-corrected chi connectivity index (χ0v) is 9.78. The van der Waals surface area contributed by atoms with Gasteiger partial charge in [0, 0.05) is 26.7 Å². The number of hydrogen-bond acceptors (Lipinski definition) is 4. The number of methoxy groups -OCH3 is 1. The molecule has 1 N–H and O–H groups in total. The third-order valence-electron chi connectivity index (χ3n) is 3.31. The van der Waals surface area contributed by atoms with Gasteiger partial charge in [0.25, 0.3) is 0 Å². The van der Waals surface area contributed by atoms with Gasteiger partial charge in [-0.1, -0.05) is 0 Å². The molecule has 1 atom stereocenters. The van der Waals surface area contributed by atoms with E-state index in [1.807, 2.05) is 4.90 Å². The van der Waals surface area contributed by atoms with Crippen molar-refractivity contribution >= 4 is 5.91 Å². The van der Waals surface area contributed by atoms with E-state index < -0.39 is 0 Å². The number of nitrogens with zero attached hydrogens (tertiary/aromatic N) is 1. The summed E-state index contributed by atoms with van der Waals surface area (Å²) in [6, 6.07) is -0.146. The molecule has 1 unspecified atom stereocenters. The Hall–Kier alpha value is -0.650. The Bertz CT molecular complexity index is 233. The van der Waals surface area contributed by atoms with Crippen LogP contribution >= 0.6 is 0 Å². The number of rotatable bonds is 2. The predicted octanol–water partition coefficient (Wildman–Crippen LogP) is -0.388. The lowest BCUT2D eigenvalue weighted by Crippen LogP contribution is -2.54. The first kappa shape index (κ1) is 11.8. The van der Waals surface area contributed by atoms with Gasteiger partial charge in [-0.2, -0.15) is 0 Å². The summed E-state index contributed by atoms with van der Waals surface area (Å²) in [7, 11) is 1.73. The van der Waals surface area contributed by atoms with E-state index in [4.69, 9.17) is 9.47 Å². The highest BCUT2D eigenvalue weighted by Crippen LogP contribution is 2.14. The molecule has 0 radical (unpaired) electrons. The molecule has 2 aliphatic heterocycles. The molecule has 2 saturated heterocycles. The van der Waals surface area contributed by atoms with E-state index in [1.165, 1.54) is 0 Å². The maximum Gasteiger partial charge on any atom is 0.242 e. The van der Waals surface area contributed by atoms with Crippen LogP contribution in [0.25, 0.3) is 0 Å². The molecule has 0 aromatic carbocycles. The Labute approximate surface area is 96.1 Å². The van der Waals surface area contributed by atoms with E-state index in [0.29, 0.717) is 19.3 Å². The van der Waals surface area contributed by atoms with Gasteiger partial charge < -0.3 is 19.7 Å². The summed E-state index contributed by atoms with van der Waals surface area (Å²) >= 11 is 0. The Balaban J connectivity index is 1.81. The molecule has 0 aromatic heterocycles. The van der Waals surface area contributed by atoms with Crippen molar-refractivity contribution in [3.63, 3.8) is 0 Å². The van der Waals surface area contributed by atoms with Crippen molar-refractivity contribution in [3.05, 3.63) is 0 Å².